The number of aryl methyl sites for hydroxylation is 1. The number of hydrogen-bond acceptors (Lipinski definition) is 8. The lowest BCUT2D eigenvalue weighted by Gasteiger charge is -2.38. The van der Waals surface area contributed by atoms with Gasteiger partial charge in [0.15, 0.2) is 4.90 Å². The molecule has 4 rings (SSSR count). The third-order valence-electron chi connectivity index (χ3n) is 7.24. The first-order valence-electron chi connectivity index (χ1n) is 13.1. The minimum atomic E-state index is -4.83. The van der Waals surface area contributed by atoms with Crippen molar-refractivity contribution in [3.63, 3.8) is 0 Å². The maximum atomic E-state index is 14.3. The van der Waals surface area contributed by atoms with Crippen LogP contribution in [0.5, 0.6) is 11.6 Å². The van der Waals surface area contributed by atoms with Crippen molar-refractivity contribution in [1.82, 2.24) is 9.78 Å². The molecule has 0 aliphatic carbocycles. The standard InChI is InChI=1S/C26H33F3N4O8S/c1-24(2,22(34)35)13-16-14-33(42(37,38)20-17-8-6-7-11-32(17)31-21(20)39-5)18-12-15(9-10-19(18)40-16)30-23(36)41-25(3,4)26(27,28)29/h9-10,12,16H,6-8,11,13-14H2,1-5H3,(H,30,36)(H,34,35)/t16-/m0/s1. The number of hydrogen-bond donors (Lipinski definition) is 2. The predicted octanol–water partition coefficient (Wildman–Crippen LogP) is 4.57. The van der Waals surface area contributed by atoms with Crippen LogP contribution in [0, 0.1) is 5.41 Å². The zero-order valence-corrected chi connectivity index (χ0v) is 24.6. The summed E-state index contributed by atoms with van der Waals surface area (Å²) >= 11 is 0. The Labute approximate surface area is 240 Å². The van der Waals surface area contributed by atoms with Crippen molar-refractivity contribution in [2.45, 2.75) is 82.7 Å². The Morgan fingerprint density at radius 2 is 1.88 bits per heavy atom. The number of anilines is 2. The van der Waals surface area contributed by atoms with E-state index in [1.807, 2.05) is 0 Å². The van der Waals surface area contributed by atoms with Gasteiger partial charge in [-0.25, -0.2) is 13.2 Å². The average molecular weight is 619 g/mol. The minimum absolute atomic E-state index is 0.0231. The Morgan fingerprint density at radius 1 is 1.19 bits per heavy atom. The fraction of sp³-hybridized carbons (Fsp3) is 0.577. The number of sulfonamides is 1. The number of alkyl halides is 3. The fourth-order valence-electron chi connectivity index (χ4n) is 4.75. The third-order valence-corrected chi connectivity index (χ3v) is 9.09. The number of carbonyl (C=O) groups excluding carboxylic acids is 1. The van der Waals surface area contributed by atoms with E-state index >= 15 is 0 Å². The molecule has 1 aromatic carbocycles. The van der Waals surface area contributed by atoms with Crippen LogP contribution in [-0.2, 0) is 32.5 Å². The molecular weight excluding hydrogens is 585 g/mol. The van der Waals surface area contributed by atoms with Crippen LogP contribution in [0.15, 0.2) is 23.1 Å². The molecule has 232 valence electrons. The molecule has 2 aliphatic rings. The van der Waals surface area contributed by atoms with Crippen molar-refractivity contribution in [2.75, 3.05) is 23.3 Å². The molecular formula is C26H33F3N4O8S. The van der Waals surface area contributed by atoms with E-state index in [1.165, 1.54) is 39.2 Å². The average Bonchev–Trinajstić information content (AvgIpc) is 3.26. The second-order valence-electron chi connectivity index (χ2n) is 11.3. The zero-order valence-electron chi connectivity index (χ0n) is 23.7. The highest BCUT2D eigenvalue weighted by Gasteiger charge is 2.51. The van der Waals surface area contributed by atoms with Gasteiger partial charge >= 0.3 is 18.2 Å². The molecule has 2 N–H and O–H groups in total. The third kappa shape index (κ3) is 5.94. The Morgan fingerprint density at radius 3 is 2.50 bits per heavy atom. The van der Waals surface area contributed by atoms with Gasteiger partial charge in [0, 0.05) is 18.7 Å². The monoisotopic (exact) mass is 618 g/mol. The Kier molecular flexibility index (Phi) is 8.08. The van der Waals surface area contributed by atoms with Gasteiger partial charge in [-0.15, -0.1) is 5.10 Å². The van der Waals surface area contributed by atoms with Gasteiger partial charge in [-0.1, -0.05) is 0 Å². The van der Waals surface area contributed by atoms with Gasteiger partial charge in [-0.05, 0) is 65.2 Å². The second kappa shape index (κ2) is 10.9. The lowest BCUT2D eigenvalue weighted by molar-refractivity contribution is -0.242. The second-order valence-corrected chi connectivity index (χ2v) is 13.1. The van der Waals surface area contributed by atoms with Crippen molar-refractivity contribution < 1.29 is 50.5 Å². The van der Waals surface area contributed by atoms with E-state index < -0.39 is 45.4 Å². The van der Waals surface area contributed by atoms with Crippen molar-refractivity contribution in [3.8, 4) is 11.6 Å². The van der Waals surface area contributed by atoms with E-state index in [1.54, 1.807) is 4.68 Å². The smallest absolute Gasteiger partial charge is 0.427 e. The van der Waals surface area contributed by atoms with Gasteiger partial charge < -0.3 is 19.3 Å². The van der Waals surface area contributed by atoms with Gasteiger partial charge in [-0.3, -0.25) is 19.1 Å². The molecule has 0 saturated carbocycles. The van der Waals surface area contributed by atoms with Gasteiger partial charge in [-0.2, -0.15) is 13.2 Å². The number of ether oxygens (including phenoxy) is 3. The fourth-order valence-corrected chi connectivity index (χ4v) is 6.59. The van der Waals surface area contributed by atoms with Crippen LogP contribution in [0.4, 0.5) is 29.3 Å². The van der Waals surface area contributed by atoms with Gasteiger partial charge in [0.1, 0.15) is 11.9 Å². The molecule has 1 aromatic heterocycles. The SMILES string of the molecule is COc1nn2c(c1S(=O)(=O)N1C[C@H](CC(C)(C)C(=O)O)Oc3ccc(NC(=O)OC(C)(C)C(F)(F)F)cc31)CCCC2. The number of carboxylic acid groups (broad SMARTS) is 1. The van der Waals surface area contributed by atoms with Crippen molar-refractivity contribution in [2.24, 2.45) is 5.41 Å². The summed E-state index contributed by atoms with van der Waals surface area (Å²) in [4.78, 5) is 24.0. The maximum Gasteiger partial charge on any atom is 0.427 e. The summed E-state index contributed by atoms with van der Waals surface area (Å²) in [6.07, 6.45) is -5.20. The van der Waals surface area contributed by atoms with E-state index in [4.69, 9.17) is 9.47 Å². The van der Waals surface area contributed by atoms with Gasteiger partial charge in [0.05, 0.1) is 30.5 Å². The van der Waals surface area contributed by atoms with E-state index in [2.05, 4.69) is 15.2 Å². The quantitative estimate of drug-likeness (QED) is 0.434. The van der Waals surface area contributed by atoms with Crippen LogP contribution in [0.25, 0.3) is 0 Å². The summed E-state index contributed by atoms with van der Waals surface area (Å²) in [5, 5.41) is 16.2. The molecule has 2 aliphatic heterocycles. The number of rotatable bonds is 8. The molecule has 0 spiro atoms. The van der Waals surface area contributed by atoms with Gasteiger partial charge in [0.25, 0.3) is 15.9 Å². The molecule has 0 radical (unpaired) electrons. The van der Waals surface area contributed by atoms with Crippen molar-refractivity contribution in [1.29, 1.82) is 0 Å². The number of aliphatic carboxylic acids is 1. The molecule has 0 fully saturated rings. The molecule has 42 heavy (non-hydrogen) atoms. The van der Waals surface area contributed by atoms with Crippen LogP contribution >= 0.6 is 0 Å². The normalized spacial score (nSPS) is 17.5. The lowest BCUT2D eigenvalue weighted by Crippen LogP contribution is -2.46. The number of nitrogens with one attached hydrogen (secondary N) is 1. The highest BCUT2D eigenvalue weighted by Crippen LogP contribution is 2.43. The molecule has 1 amide bonds. The molecule has 12 nitrogen and oxygen atoms in total. The number of halogens is 3. The summed E-state index contributed by atoms with van der Waals surface area (Å²) in [5.74, 6) is -1.14. The number of amides is 1. The number of carboxylic acids is 1. The highest BCUT2D eigenvalue weighted by atomic mass is 32.2. The summed E-state index contributed by atoms with van der Waals surface area (Å²) in [6, 6.07) is 3.88. The largest absolute Gasteiger partial charge is 0.486 e. The topological polar surface area (TPSA) is 149 Å². The molecule has 0 unspecified atom stereocenters. The number of fused-ring (bicyclic) bond motifs is 2. The molecule has 2 aromatic rings. The number of benzene rings is 1. The van der Waals surface area contributed by atoms with Crippen LogP contribution < -0.4 is 19.1 Å². The van der Waals surface area contributed by atoms with Crippen LogP contribution in [-0.4, -0.2) is 66.9 Å². The Balaban J connectivity index is 1.76. The molecule has 3 heterocycles. The predicted molar refractivity (Wildman–Crippen MR) is 143 cm³/mol. The molecule has 16 heteroatoms. The van der Waals surface area contributed by atoms with Crippen molar-refractivity contribution >= 4 is 33.5 Å². The Bertz CT molecular complexity index is 1490. The first kappa shape index (κ1) is 31.3. The number of nitrogens with zero attached hydrogens (tertiary/aromatic N) is 3. The van der Waals surface area contributed by atoms with E-state index in [0.717, 1.165) is 17.1 Å². The molecule has 1 atom stereocenters. The van der Waals surface area contributed by atoms with Crippen LogP contribution in [0.1, 0.15) is 52.7 Å². The lowest BCUT2D eigenvalue weighted by atomic mass is 9.86. The van der Waals surface area contributed by atoms with E-state index in [9.17, 15) is 36.3 Å². The van der Waals surface area contributed by atoms with E-state index in [0.29, 0.717) is 32.5 Å². The highest BCUT2D eigenvalue weighted by molar-refractivity contribution is 7.93. The number of methoxy groups -OCH3 is 1. The summed E-state index contributed by atoms with van der Waals surface area (Å²) in [6.45, 7) is 4.58. The number of aromatic nitrogens is 2. The Hall–Kier alpha value is -3.69. The van der Waals surface area contributed by atoms with Crippen LogP contribution in [0.2, 0.25) is 0 Å². The maximum absolute atomic E-state index is 14.3. The van der Waals surface area contributed by atoms with E-state index in [-0.39, 0.29) is 40.9 Å². The first-order valence-corrected chi connectivity index (χ1v) is 14.6. The van der Waals surface area contributed by atoms with Gasteiger partial charge in [0.2, 0.25) is 5.60 Å². The van der Waals surface area contributed by atoms with Crippen LogP contribution in [0.3, 0.4) is 0 Å². The molecule has 0 bridgehead atoms. The minimum Gasteiger partial charge on any atom is -0.486 e. The summed E-state index contributed by atoms with van der Waals surface area (Å²) < 4.78 is 86.8. The zero-order chi connectivity index (χ0) is 31.3. The van der Waals surface area contributed by atoms with Crippen molar-refractivity contribution in [3.05, 3.63) is 23.9 Å². The number of carbonyl (C=O) groups is 2. The summed E-state index contributed by atoms with van der Waals surface area (Å²) in [7, 11) is -3.11. The summed E-state index contributed by atoms with van der Waals surface area (Å²) in [5.41, 5.74) is -3.67. The first-order chi connectivity index (χ1) is 19.4. The molecule has 0 saturated heterocycles.